The molecule has 2 fully saturated rings. The summed E-state index contributed by atoms with van der Waals surface area (Å²) in [4.78, 5) is 44.5. The molecule has 9 heteroatoms. The molecule has 3 aromatic rings. The summed E-state index contributed by atoms with van der Waals surface area (Å²) in [6.45, 7) is 3.14. The first-order chi connectivity index (χ1) is 17.5. The predicted octanol–water partition coefficient (Wildman–Crippen LogP) is 3.37. The van der Waals surface area contributed by atoms with E-state index in [0.717, 1.165) is 10.4 Å². The molecule has 1 spiro atoms. The van der Waals surface area contributed by atoms with Crippen molar-refractivity contribution in [3.8, 4) is 0 Å². The van der Waals surface area contributed by atoms with E-state index in [1.54, 1.807) is 40.7 Å². The second-order valence-corrected chi connectivity index (χ2v) is 10.2. The van der Waals surface area contributed by atoms with E-state index in [2.05, 4.69) is 5.32 Å². The maximum absolute atomic E-state index is 13.9. The van der Waals surface area contributed by atoms with Gasteiger partial charge in [-0.3, -0.25) is 19.3 Å². The van der Waals surface area contributed by atoms with E-state index < -0.39 is 11.8 Å². The van der Waals surface area contributed by atoms with Gasteiger partial charge in [-0.25, -0.2) is 0 Å². The summed E-state index contributed by atoms with van der Waals surface area (Å²) in [5.41, 5.74) is 0.441. The third-order valence-corrected chi connectivity index (χ3v) is 7.85. The first kappa shape index (κ1) is 24.3. The number of amides is 3. The first-order valence-electron chi connectivity index (χ1n) is 12.1. The number of nitrogens with one attached hydrogen (secondary N) is 1. The van der Waals surface area contributed by atoms with Crippen LogP contribution in [0.25, 0.3) is 0 Å². The Bertz CT molecular complexity index is 1220. The van der Waals surface area contributed by atoms with Gasteiger partial charge in [0.15, 0.2) is 0 Å². The highest BCUT2D eigenvalue weighted by atomic mass is 32.1. The van der Waals surface area contributed by atoms with Crippen LogP contribution in [0.4, 0.5) is 0 Å². The molecule has 2 saturated heterocycles. The minimum absolute atomic E-state index is 0.0646. The highest BCUT2D eigenvalue weighted by Crippen LogP contribution is 2.39. The van der Waals surface area contributed by atoms with Crippen LogP contribution in [-0.2, 0) is 27.3 Å². The smallest absolute Gasteiger partial charge is 0.257 e. The molecule has 0 bridgehead atoms. The van der Waals surface area contributed by atoms with Crippen molar-refractivity contribution in [2.75, 3.05) is 19.7 Å². The Hall–Kier alpha value is -3.43. The Kier molecular flexibility index (Phi) is 6.93. The molecule has 2 aliphatic heterocycles. The number of piperidine rings is 1. The lowest BCUT2D eigenvalue weighted by molar-refractivity contribution is -0.143. The minimum Gasteiger partial charge on any atom is -0.467 e. The van der Waals surface area contributed by atoms with Gasteiger partial charge in [-0.1, -0.05) is 24.3 Å². The predicted molar refractivity (Wildman–Crippen MR) is 134 cm³/mol. The van der Waals surface area contributed by atoms with Gasteiger partial charge in [0.1, 0.15) is 17.5 Å². The van der Waals surface area contributed by atoms with Crippen molar-refractivity contribution in [1.29, 1.82) is 0 Å². The van der Waals surface area contributed by atoms with Gasteiger partial charge in [0.05, 0.1) is 25.8 Å². The number of hydrogen-bond donors (Lipinski definition) is 1. The SMILES string of the molecule is Cc1ccccc1C(=O)N1[C@@H](C(=O)NCc2ccco2)COC12CCN(C(=O)Cc1cccs1)CC2. The molecular weight excluding hydrogens is 478 g/mol. The molecule has 0 aliphatic carbocycles. The van der Waals surface area contributed by atoms with Crippen molar-refractivity contribution in [2.24, 2.45) is 0 Å². The van der Waals surface area contributed by atoms with Gasteiger partial charge in [0.2, 0.25) is 11.8 Å². The van der Waals surface area contributed by atoms with Crippen LogP contribution in [0, 0.1) is 6.92 Å². The van der Waals surface area contributed by atoms with Crippen molar-refractivity contribution in [1.82, 2.24) is 15.1 Å². The summed E-state index contributed by atoms with van der Waals surface area (Å²) in [5, 5.41) is 4.85. The zero-order valence-corrected chi connectivity index (χ0v) is 21.0. The highest BCUT2D eigenvalue weighted by Gasteiger charge is 2.54. The third-order valence-electron chi connectivity index (χ3n) is 6.98. The van der Waals surface area contributed by atoms with Crippen LogP contribution in [0.15, 0.2) is 64.6 Å². The monoisotopic (exact) mass is 507 g/mol. The molecule has 188 valence electrons. The molecule has 1 atom stereocenters. The fraction of sp³-hybridized carbons (Fsp3) is 0.370. The molecule has 8 nitrogen and oxygen atoms in total. The van der Waals surface area contributed by atoms with Crippen LogP contribution in [0.3, 0.4) is 0 Å². The lowest BCUT2D eigenvalue weighted by Crippen LogP contribution is -2.60. The Morgan fingerprint density at radius 3 is 2.58 bits per heavy atom. The molecule has 3 amide bonds. The van der Waals surface area contributed by atoms with Crippen molar-refractivity contribution in [3.63, 3.8) is 0 Å². The Morgan fingerprint density at radius 2 is 1.89 bits per heavy atom. The number of carbonyl (C=O) groups is 3. The summed E-state index contributed by atoms with van der Waals surface area (Å²) in [6, 6.07) is 14.0. The van der Waals surface area contributed by atoms with Crippen LogP contribution >= 0.6 is 11.3 Å². The van der Waals surface area contributed by atoms with Crippen molar-refractivity contribution in [3.05, 3.63) is 81.9 Å². The topological polar surface area (TPSA) is 92.1 Å². The molecule has 1 aromatic carbocycles. The number of likely N-dealkylation sites (tertiary alicyclic amines) is 1. The molecule has 0 radical (unpaired) electrons. The van der Waals surface area contributed by atoms with Crippen LogP contribution in [0.5, 0.6) is 0 Å². The summed E-state index contributed by atoms with van der Waals surface area (Å²) in [6.07, 6.45) is 2.82. The van der Waals surface area contributed by atoms with E-state index >= 15 is 0 Å². The molecule has 0 unspecified atom stereocenters. The molecule has 5 rings (SSSR count). The second-order valence-electron chi connectivity index (χ2n) is 9.20. The maximum atomic E-state index is 13.9. The van der Waals surface area contributed by atoms with Gasteiger partial charge in [-0.2, -0.15) is 0 Å². The number of furan rings is 1. The van der Waals surface area contributed by atoms with Gasteiger partial charge >= 0.3 is 0 Å². The number of ether oxygens (including phenoxy) is 1. The van der Waals surface area contributed by atoms with Gasteiger partial charge in [0, 0.05) is 36.4 Å². The van der Waals surface area contributed by atoms with Crippen molar-refractivity contribution in [2.45, 2.75) is 44.5 Å². The average molecular weight is 508 g/mol. The number of carbonyl (C=O) groups excluding carboxylic acids is 3. The van der Waals surface area contributed by atoms with Crippen LogP contribution in [0.2, 0.25) is 0 Å². The van der Waals surface area contributed by atoms with E-state index in [1.165, 1.54) is 0 Å². The summed E-state index contributed by atoms with van der Waals surface area (Å²) in [5.74, 6) is 0.171. The molecule has 2 aliphatic rings. The zero-order chi connectivity index (χ0) is 25.1. The average Bonchev–Trinajstić information content (AvgIpc) is 3.65. The summed E-state index contributed by atoms with van der Waals surface area (Å²) >= 11 is 1.57. The van der Waals surface area contributed by atoms with E-state index in [9.17, 15) is 14.4 Å². The molecular formula is C27H29N3O5S. The number of nitrogens with zero attached hydrogens (tertiary/aromatic N) is 2. The first-order valence-corrected chi connectivity index (χ1v) is 13.0. The van der Waals surface area contributed by atoms with Crippen molar-refractivity contribution < 1.29 is 23.5 Å². The molecule has 1 N–H and O–H groups in total. The highest BCUT2D eigenvalue weighted by molar-refractivity contribution is 7.10. The Balaban J connectivity index is 1.35. The number of thiophene rings is 1. The zero-order valence-electron chi connectivity index (χ0n) is 20.1. The van der Waals surface area contributed by atoms with E-state index in [0.29, 0.717) is 43.7 Å². The van der Waals surface area contributed by atoms with Gasteiger partial charge in [0.25, 0.3) is 5.91 Å². The number of hydrogen-bond acceptors (Lipinski definition) is 6. The maximum Gasteiger partial charge on any atom is 0.257 e. The fourth-order valence-electron chi connectivity index (χ4n) is 4.99. The van der Waals surface area contributed by atoms with E-state index in [1.807, 2.05) is 47.5 Å². The van der Waals surface area contributed by atoms with Gasteiger partial charge in [-0.05, 0) is 42.1 Å². The number of aryl methyl sites for hydroxylation is 1. The Labute approximate surface area is 213 Å². The molecule has 2 aromatic heterocycles. The standard InChI is InChI=1S/C27H29N3O5S/c1-19-6-2-3-9-22(19)26(33)30-23(25(32)28-17-20-7-4-14-34-20)18-35-27(30)10-12-29(13-11-27)24(31)16-21-8-5-15-36-21/h2-9,14-15,23H,10-13,16-18H2,1H3,(H,28,32)/t23-/m1/s1. The van der Waals surface area contributed by atoms with Gasteiger partial charge < -0.3 is 19.4 Å². The number of rotatable bonds is 6. The van der Waals surface area contributed by atoms with E-state index in [-0.39, 0.29) is 30.9 Å². The van der Waals surface area contributed by atoms with Gasteiger partial charge in [-0.15, -0.1) is 11.3 Å². The quantitative estimate of drug-likeness (QED) is 0.552. The second kappa shape index (κ2) is 10.3. The van der Waals surface area contributed by atoms with Crippen LogP contribution < -0.4 is 5.32 Å². The summed E-state index contributed by atoms with van der Waals surface area (Å²) < 4.78 is 11.6. The fourth-order valence-corrected chi connectivity index (χ4v) is 5.69. The normalized spacial score (nSPS) is 19.0. The third kappa shape index (κ3) is 4.81. The molecule has 0 saturated carbocycles. The van der Waals surface area contributed by atoms with Crippen molar-refractivity contribution >= 4 is 29.1 Å². The number of benzene rings is 1. The Morgan fingerprint density at radius 1 is 1.08 bits per heavy atom. The largest absolute Gasteiger partial charge is 0.467 e. The van der Waals surface area contributed by atoms with E-state index in [4.69, 9.17) is 9.15 Å². The van der Waals surface area contributed by atoms with Crippen LogP contribution in [0.1, 0.15) is 39.4 Å². The molecule has 36 heavy (non-hydrogen) atoms. The minimum atomic E-state index is -0.939. The van der Waals surface area contributed by atoms with Crippen LogP contribution in [-0.4, -0.2) is 59.0 Å². The molecule has 4 heterocycles. The summed E-state index contributed by atoms with van der Waals surface area (Å²) in [7, 11) is 0. The lowest BCUT2D eigenvalue weighted by atomic mass is 9.95. The lowest BCUT2D eigenvalue weighted by Gasteiger charge is -2.44.